The summed E-state index contributed by atoms with van der Waals surface area (Å²) in [6.45, 7) is 14.1. The normalized spacial score (nSPS) is 11.9. The van der Waals surface area contributed by atoms with Crippen LogP contribution in [0.2, 0.25) is 16.6 Å². The number of carbonyl (C=O) groups excluding carboxylic acids is 2. The van der Waals surface area contributed by atoms with Gasteiger partial charge in [0, 0.05) is 19.5 Å². The zero-order valence-corrected chi connectivity index (χ0v) is 18.2. The number of unbranched alkanes of at least 4 members (excludes halogenated alkanes) is 1. The van der Waals surface area contributed by atoms with E-state index in [1.807, 2.05) is 30.3 Å². The Balaban J connectivity index is 3.03. The van der Waals surface area contributed by atoms with Crippen molar-refractivity contribution >= 4 is 20.7 Å². The Morgan fingerprint density at radius 1 is 1.04 bits per heavy atom. The van der Waals surface area contributed by atoms with Gasteiger partial charge in [0.05, 0.1) is 0 Å². The first-order valence-electron chi connectivity index (χ1n) is 9.71. The van der Waals surface area contributed by atoms with Crippen LogP contribution in [0.25, 0.3) is 0 Å². The number of aldehydes is 1. The molecule has 4 nitrogen and oxygen atoms in total. The average Bonchev–Trinajstić information content (AvgIpc) is 2.58. The molecule has 146 valence electrons. The number of amides is 1. The molecule has 0 bridgehead atoms. The maximum atomic E-state index is 13.1. The summed E-state index contributed by atoms with van der Waals surface area (Å²) < 4.78 is 6.33. The van der Waals surface area contributed by atoms with Crippen molar-refractivity contribution in [3.05, 3.63) is 35.9 Å². The summed E-state index contributed by atoms with van der Waals surface area (Å²) in [6, 6.07) is 9.93. The molecule has 0 radical (unpaired) electrons. The number of benzene rings is 1. The lowest BCUT2D eigenvalue weighted by atomic mass is 10.2. The Morgan fingerprint density at radius 3 is 2.04 bits per heavy atom. The van der Waals surface area contributed by atoms with Crippen LogP contribution in [0.3, 0.4) is 0 Å². The minimum atomic E-state index is -2.28. The van der Waals surface area contributed by atoms with Crippen LogP contribution in [0.4, 0.5) is 4.79 Å². The van der Waals surface area contributed by atoms with E-state index < -0.39 is 8.32 Å². The zero-order valence-electron chi connectivity index (χ0n) is 17.2. The standard InChI is InChI=1S/C21H35NO3Si/c1-17(2)26(18(3)4,19(5)6)25-21(24)22(14-10-11-15-23)16-20-12-8-7-9-13-20/h7-9,12-13,15,17-19H,10-11,14,16H2,1-6H3. The van der Waals surface area contributed by atoms with Crippen LogP contribution in [-0.2, 0) is 15.8 Å². The number of hydrogen-bond acceptors (Lipinski definition) is 3. The molecular formula is C21H35NO3Si. The molecule has 0 saturated carbocycles. The molecule has 0 unspecified atom stereocenters. The number of carbonyl (C=O) groups is 2. The number of nitrogens with zero attached hydrogens (tertiary/aromatic N) is 1. The minimum absolute atomic E-state index is 0.234. The van der Waals surface area contributed by atoms with Crippen LogP contribution >= 0.6 is 0 Å². The molecule has 0 aliphatic carbocycles. The van der Waals surface area contributed by atoms with E-state index in [4.69, 9.17) is 4.43 Å². The quantitative estimate of drug-likeness (QED) is 0.295. The van der Waals surface area contributed by atoms with Crippen LogP contribution in [0.1, 0.15) is 59.9 Å². The van der Waals surface area contributed by atoms with E-state index in [1.165, 1.54) is 0 Å². The molecule has 1 aromatic rings. The predicted octanol–water partition coefficient (Wildman–Crippen LogP) is 5.78. The first-order valence-corrected chi connectivity index (χ1v) is 11.8. The van der Waals surface area contributed by atoms with E-state index in [-0.39, 0.29) is 6.09 Å². The van der Waals surface area contributed by atoms with E-state index in [0.29, 0.717) is 42.6 Å². The maximum absolute atomic E-state index is 13.1. The monoisotopic (exact) mass is 377 g/mol. The van der Waals surface area contributed by atoms with Gasteiger partial charge in [0.1, 0.15) is 6.29 Å². The molecule has 0 heterocycles. The summed E-state index contributed by atoms with van der Waals surface area (Å²) in [7, 11) is -2.28. The topological polar surface area (TPSA) is 46.6 Å². The number of rotatable bonds is 10. The zero-order chi connectivity index (χ0) is 19.7. The van der Waals surface area contributed by atoms with Crippen molar-refractivity contribution in [3.8, 4) is 0 Å². The SMILES string of the molecule is CC(C)[Si](OC(=O)N(CCCC=O)Cc1ccccc1)(C(C)C)C(C)C. The highest BCUT2D eigenvalue weighted by Gasteiger charge is 2.48. The molecule has 0 aromatic heterocycles. The molecule has 0 fully saturated rings. The molecule has 0 aliphatic heterocycles. The molecule has 0 spiro atoms. The summed E-state index contributed by atoms with van der Waals surface area (Å²) in [5.41, 5.74) is 2.11. The van der Waals surface area contributed by atoms with Crippen molar-refractivity contribution in [2.45, 2.75) is 77.6 Å². The second kappa shape index (κ2) is 10.5. The lowest BCUT2D eigenvalue weighted by molar-refractivity contribution is -0.108. The van der Waals surface area contributed by atoms with E-state index >= 15 is 0 Å². The third-order valence-corrected chi connectivity index (χ3v) is 11.1. The highest BCUT2D eigenvalue weighted by Crippen LogP contribution is 2.42. The summed E-state index contributed by atoms with van der Waals surface area (Å²) in [5.74, 6) is 0. The van der Waals surface area contributed by atoms with Gasteiger partial charge in [0.2, 0.25) is 0 Å². The summed E-state index contributed by atoms with van der Waals surface area (Å²) in [4.78, 5) is 25.6. The van der Waals surface area contributed by atoms with Crippen LogP contribution in [0, 0.1) is 0 Å². The second-order valence-electron chi connectivity index (χ2n) is 7.90. The smallest absolute Gasteiger partial charge is 0.396 e. The summed E-state index contributed by atoms with van der Waals surface area (Å²) in [5, 5.41) is 0. The largest absolute Gasteiger partial charge is 0.503 e. The van der Waals surface area contributed by atoms with Crippen molar-refractivity contribution in [2.75, 3.05) is 6.54 Å². The van der Waals surface area contributed by atoms with Crippen LogP contribution in [0.5, 0.6) is 0 Å². The van der Waals surface area contributed by atoms with Gasteiger partial charge in [-0.15, -0.1) is 0 Å². The molecule has 1 amide bonds. The minimum Gasteiger partial charge on any atom is -0.503 e. The van der Waals surface area contributed by atoms with Crippen LogP contribution in [-0.4, -0.2) is 32.1 Å². The van der Waals surface area contributed by atoms with Gasteiger partial charge in [-0.2, -0.15) is 0 Å². The van der Waals surface area contributed by atoms with E-state index in [9.17, 15) is 9.59 Å². The lowest BCUT2D eigenvalue weighted by Crippen LogP contribution is -2.51. The molecule has 0 aliphatic rings. The van der Waals surface area contributed by atoms with E-state index in [1.54, 1.807) is 4.90 Å². The molecule has 1 aromatic carbocycles. The Morgan fingerprint density at radius 2 is 1.58 bits per heavy atom. The van der Waals surface area contributed by atoms with Gasteiger partial charge >= 0.3 is 6.09 Å². The summed E-state index contributed by atoms with van der Waals surface area (Å²) in [6.07, 6.45) is 1.79. The Labute approximate surface area is 160 Å². The third kappa shape index (κ3) is 5.69. The Bertz CT molecular complexity index is 536. The average molecular weight is 378 g/mol. The van der Waals surface area contributed by atoms with Gasteiger partial charge in [0.15, 0.2) is 0 Å². The first-order chi connectivity index (χ1) is 12.3. The predicted molar refractivity (Wildman–Crippen MR) is 110 cm³/mol. The highest BCUT2D eigenvalue weighted by atomic mass is 28.4. The van der Waals surface area contributed by atoms with Gasteiger partial charge in [-0.25, -0.2) is 4.79 Å². The van der Waals surface area contributed by atoms with Gasteiger partial charge in [-0.3, -0.25) is 0 Å². The lowest BCUT2D eigenvalue weighted by Gasteiger charge is -2.42. The molecular weight excluding hydrogens is 342 g/mol. The van der Waals surface area contributed by atoms with Gasteiger partial charge < -0.3 is 14.1 Å². The second-order valence-corrected chi connectivity index (χ2v) is 13.3. The molecule has 0 N–H and O–H groups in total. The molecule has 26 heavy (non-hydrogen) atoms. The Kier molecular flexibility index (Phi) is 9.06. The molecule has 5 heteroatoms. The number of hydrogen-bond donors (Lipinski definition) is 0. The fourth-order valence-electron chi connectivity index (χ4n) is 3.97. The Hall–Kier alpha value is -1.62. The molecule has 0 atom stereocenters. The van der Waals surface area contributed by atoms with Gasteiger partial charge in [-0.05, 0) is 28.6 Å². The van der Waals surface area contributed by atoms with Gasteiger partial charge in [0.25, 0.3) is 8.32 Å². The fourth-order valence-corrected chi connectivity index (χ4v) is 9.11. The van der Waals surface area contributed by atoms with Crippen molar-refractivity contribution in [3.63, 3.8) is 0 Å². The van der Waals surface area contributed by atoms with E-state index in [2.05, 4.69) is 41.5 Å². The third-order valence-electron chi connectivity index (χ3n) is 5.20. The van der Waals surface area contributed by atoms with Crippen molar-refractivity contribution in [1.29, 1.82) is 0 Å². The van der Waals surface area contributed by atoms with Gasteiger partial charge in [-0.1, -0.05) is 71.9 Å². The molecule has 1 rings (SSSR count). The fraction of sp³-hybridized carbons (Fsp3) is 0.619. The first kappa shape index (κ1) is 22.4. The van der Waals surface area contributed by atoms with Crippen LogP contribution < -0.4 is 0 Å². The van der Waals surface area contributed by atoms with Crippen LogP contribution in [0.15, 0.2) is 30.3 Å². The van der Waals surface area contributed by atoms with Crippen molar-refractivity contribution < 1.29 is 14.0 Å². The highest BCUT2D eigenvalue weighted by molar-refractivity contribution is 6.78. The van der Waals surface area contributed by atoms with Crippen molar-refractivity contribution in [2.24, 2.45) is 0 Å². The van der Waals surface area contributed by atoms with Crippen molar-refractivity contribution in [1.82, 2.24) is 4.90 Å². The maximum Gasteiger partial charge on any atom is 0.396 e. The molecule has 0 saturated heterocycles. The van der Waals surface area contributed by atoms with E-state index in [0.717, 1.165) is 11.8 Å². The summed E-state index contributed by atoms with van der Waals surface area (Å²) >= 11 is 0.